The molecule has 0 fully saturated rings. The summed E-state index contributed by atoms with van der Waals surface area (Å²) in [6.45, 7) is 1.45. The molecular formula is C29H26N4O2S2. The third-order valence-electron chi connectivity index (χ3n) is 5.21. The zero-order valence-corrected chi connectivity index (χ0v) is 21.7. The van der Waals surface area contributed by atoms with Crippen LogP contribution < -0.4 is 21.3 Å². The van der Waals surface area contributed by atoms with Crippen LogP contribution in [0.5, 0.6) is 0 Å². The molecule has 0 aliphatic rings. The van der Waals surface area contributed by atoms with E-state index in [1.54, 1.807) is 24.3 Å². The highest BCUT2D eigenvalue weighted by Crippen LogP contribution is 2.36. The largest absolute Gasteiger partial charge is 0.332 e. The van der Waals surface area contributed by atoms with Crippen molar-refractivity contribution in [3.8, 4) is 0 Å². The van der Waals surface area contributed by atoms with Gasteiger partial charge in [-0.1, -0.05) is 48.5 Å². The number of anilines is 4. The predicted octanol–water partition coefficient (Wildman–Crippen LogP) is 6.93. The number of amides is 2. The number of carbonyl (C=O) groups is 2. The van der Waals surface area contributed by atoms with E-state index in [9.17, 15) is 9.59 Å². The second-order valence-corrected chi connectivity index (χ2v) is 9.71. The van der Waals surface area contributed by atoms with Gasteiger partial charge in [-0.15, -0.1) is 11.8 Å². The fourth-order valence-electron chi connectivity index (χ4n) is 3.52. The van der Waals surface area contributed by atoms with Crippen molar-refractivity contribution in [1.82, 2.24) is 0 Å². The Morgan fingerprint density at radius 1 is 0.622 bits per heavy atom. The van der Waals surface area contributed by atoms with Crippen LogP contribution in [0, 0.1) is 0 Å². The van der Waals surface area contributed by atoms with E-state index >= 15 is 0 Å². The summed E-state index contributed by atoms with van der Waals surface area (Å²) in [4.78, 5) is 25.5. The van der Waals surface area contributed by atoms with Gasteiger partial charge in [-0.05, 0) is 78.4 Å². The first-order valence-corrected chi connectivity index (χ1v) is 12.9. The van der Waals surface area contributed by atoms with Gasteiger partial charge in [0.25, 0.3) is 0 Å². The highest BCUT2D eigenvalue weighted by atomic mass is 32.2. The Kier molecular flexibility index (Phi) is 8.91. The zero-order valence-electron chi connectivity index (χ0n) is 20.1. The number of thioether (sulfide) groups is 1. The quantitative estimate of drug-likeness (QED) is 0.147. The molecule has 0 aromatic heterocycles. The molecule has 6 nitrogen and oxygen atoms in total. The Bertz CT molecular complexity index is 1350. The van der Waals surface area contributed by atoms with Crippen LogP contribution in [-0.2, 0) is 9.59 Å². The molecule has 0 aliphatic carbocycles. The van der Waals surface area contributed by atoms with Crippen molar-refractivity contribution in [2.24, 2.45) is 0 Å². The van der Waals surface area contributed by atoms with Crippen LogP contribution >= 0.6 is 24.0 Å². The lowest BCUT2D eigenvalue weighted by atomic mass is 10.1. The molecule has 8 heteroatoms. The average molecular weight is 527 g/mol. The molecule has 2 amide bonds. The fourth-order valence-corrected chi connectivity index (χ4v) is 4.78. The number of benzene rings is 4. The van der Waals surface area contributed by atoms with E-state index in [4.69, 9.17) is 12.2 Å². The smallest absolute Gasteiger partial charge is 0.242 e. The van der Waals surface area contributed by atoms with Gasteiger partial charge in [0.15, 0.2) is 5.11 Å². The lowest BCUT2D eigenvalue weighted by Crippen LogP contribution is -2.19. The van der Waals surface area contributed by atoms with Gasteiger partial charge in [-0.2, -0.15) is 0 Å². The van der Waals surface area contributed by atoms with E-state index in [1.807, 2.05) is 84.9 Å². The maximum Gasteiger partial charge on any atom is 0.242 e. The van der Waals surface area contributed by atoms with E-state index < -0.39 is 5.25 Å². The summed E-state index contributed by atoms with van der Waals surface area (Å²) in [6.07, 6.45) is 0. The van der Waals surface area contributed by atoms with Crippen molar-refractivity contribution < 1.29 is 9.59 Å². The van der Waals surface area contributed by atoms with Gasteiger partial charge in [0.2, 0.25) is 11.8 Å². The van der Waals surface area contributed by atoms with E-state index in [1.165, 1.54) is 18.7 Å². The number of carbonyl (C=O) groups excluding carboxylic acids is 2. The van der Waals surface area contributed by atoms with E-state index in [-0.39, 0.29) is 11.8 Å². The fraction of sp³-hybridized carbons (Fsp3) is 0.0690. The first-order valence-electron chi connectivity index (χ1n) is 11.6. The summed E-state index contributed by atoms with van der Waals surface area (Å²) in [7, 11) is 0. The van der Waals surface area contributed by atoms with Crippen molar-refractivity contribution in [3.63, 3.8) is 0 Å². The third-order valence-corrected chi connectivity index (χ3v) is 6.68. The second-order valence-electron chi connectivity index (χ2n) is 8.13. The molecule has 0 saturated heterocycles. The molecule has 4 aromatic rings. The molecule has 4 rings (SSSR count). The van der Waals surface area contributed by atoms with E-state index in [0.29, 0.717) is 16.5 Å². The Morgan fingerprint density at radius 2 is 1.08 bits per heavy atom. The molecule has 1 atom stereocenters. The minimum Gasteiger partial charge on any atom is -0.332 e. The second kappa shape index (κ2) is 12.7. The van der Waals surface area contributed by atoms with Gasteiger partial charge >= 0.3 is 0 Å². The van der Waals surface area contributed by atoms with Gasteiger partial charge in [0.05, 0.1) is 0 Å². The number of nitrogens with one attached hydrogen (secondary N) is 4. The Morgan fingerprint density at radius 3 is 1.65 bits per heavy atom. The molecule has 4 N–H and O–H groups in total. The molecule has 0 radical (unpaired) electrons. The highest BCUT2D eigenvalue weighted by Gasteiger charge is 2.22. The number of para-hydroxylation sites is 1. The molecule has 1 unspecified atom stereocenters. The van der Waals surface area contributed by atoms with Crippen LogP contribution in [-0.4, -0.2) is 16.9 Å². The van der Waals surface area contributed by atoms with Crippen LogP contribution in [0.1, 0.15) is 17.7 Å². The van der Waals surface area contributed by atoms with Crippen molar-refractivity contribution >= 4 is 63.7 Å². The normalized spacial score (nSPS) is 11.2. The van der Waals surface area contributed by atoms with Crippen LogP contribution in [0.25, 0.3) is 0 Å². The van der Waals surface area contributed by atoms with Crippen molar-refractivity contribution in [3.05, 3.63) is 115 Å². The highest BCUT2D eigenvalue weighted by molar-refractivity contribution is 8.00. The van der Waals surface area contributed by atoms with Gasteiger partial charge in [-0.3, -0.25) is 9.59 Å². The van der Waals surface area contributed by atoms with Crippen LogP contribution in [0.4, 0.5) is 22.7 Å². The summed E-state index contributed by atoms with van der Waals surface area (Å²) < 4.78 is 0. The maximum atomic E-state index is 13.3. The van der Waals surface area contributed by atoms with Crippen LogP contribution in [0.2, 0.25) is 0 Å². The molecule has 186 valence electrons. The third kappa shape index (κ3) is 7.93. The van der Waals surface area contributed by atoms with Gasteiger partial charge in [-0.25, -0.2) is 0 Å². The molecule has 0 heterocycles. The minimum atomic E-state index is -0.462. The summed E-state index contributed by atoms with van der Waals surface area (Å²) in [6, 6.07) is 34.2. The van der Waals surface area contributed by atoms with Gasteiger partial charge in [0, 0.05) is 34.6 Å². The number of hydrogen-bond donors (Lipinski definition) is 4. The van der Waals surface area contributed by atoms with E-state index in [2.05, 4.69) is 21.3 Å². The topological polar surface area (TPSA) is 82.3 Å². The first-order chi connectivity index (χ1) is 18.0. The number of rotatable bonds is 8. The molecular weight excluding hydrogens is 500 g/mol. The van der Waals surface area contributed by atoms with Crippen molar-refractivity contribution in [2.75, 3.05) is 21.3 Å². The molecule has 0 saturated carbocycles. The summed E-state index contributed by atoms with van der Waals surface area (Å²) in [5, 5.41) is 12.1. The SMILES string of the molecule is CC(=O)Nc1ccc(NC(=O)C(Sc2ccc(NC(=S)Nc3ccccc3)cc2)c2ccccc2)cc1. The maximum absolute atomic E-state index is 13.3. The van der Waals surface area contributed by atoms with Crippen molar-refractivity contribution in [1.29, 1.82) is 0 Å². The molecule has 37 heavy (non-hydrogen) atoms. The standard InChI is InChI=1S/C29H26N4O2S2/c1-20(34)30-23-12-14-24(15-13-23)31-28(35)27(21-8-4-2-5-9-21)37-26-18-16-25(17-19-26)33-29(36)32-22-10-6-3-7-11-22/h2-19,27H,1H3,(H,30,34)(H,31,35)(H2,32,33,36). The van der Waals surface area contributed by atoms with Crippen LogP contribution in [0.3, 0.4) is 0 Å². The first kappa shape index (κ1) is 25.9. The van der Waals surface area contributed by atoms with Gasteiger partial charge < -0.3 is 21.3 Å². The lowest BCUT2D eigenvalue weighted by Gasteiger charge is -2.18. The zero-order chi connectivity index (χ0) is 26.0. The molecule has 0 aliphatic heterocycles. The summed E-state index contributed by atoms with van der Waals surface area (Å²) >= 11 is 6.87. The summed E-state index contributed by atoms with van der Waals surface area (Å²) in [5.41, 5.74) is 3.98. The number of hydrogen-bond acceptors (Lipinski definition) is 4. The van der Waals surface area contributed by atoms with Gasteiger partial charge in [0.1, 0.15) is 5.25 Å². The average Bonchev–Trinajstić information content (AvgIpc) is 2.90. The number of thiocarbonyl (C=S) groups is 1. The monoisotopic (exact) mass is 526 g/mol. The summed E-state index contributed by atoms with van der Waals surface area (Å²) in [5.74, 6) is -0.285. The molecule has 4 aromatic carbocycles. The minimum absolute atomic E-state index is 0.140. The lowest BCUT2D eigenvalue weighted by molar-refractivity contribution is -0.116. The van der Waals surface area contributed by atoms with E-state index in [0.717, 1.165) is 21.8 Å². The Labute approximate surface area is 225 Å². The molecule has 0 bridgehead atoms. The predicted molar refractivity (Wildman–Crippen MR) is 157 cm³/mol. The van der Waals surface area contributed by atoms with Crippen molar-refractivity contribution in [2.45, 2.75) is 17.1 Å². The molecule has 0 spiro atoms. The Balaban J connectivity index is 1.43. The Hall–Kier alpha value is -4.14. The van der Waals surface area contributed by atoms with Crippen LogP contribution in [0.15, 0.2) is 114 Å².